The topological polar surface area (TPSA) is 64.4 Å². The molecular weight excluding hydrogens is 244 g/mol. The Bertz CT molecular complexity index is 646. The number of nitrogens with zero attached hydrogens (tertiary/aromatic N) is 2. The average molecular weight is 258 g/mol. The summed E-state index contributed by atoms with van der Waals surface area (Å²) in [6.07, 6.45) is 2.07. The second-order valence-electron chi connectivity index (χ2n) is 4.62. The Morgan fingerprint density at radius 1 is 1.42 bits per heavy atom. The second kappa shape index (κ2) is 4.42. The Kier molecular flexibility index (Phi) is 2.74. The summed E-state index contributed by atoms with van der Waals surface area (Å²) in [6.45, 7) is 0.738. The number of hydrogen-bond donors (Lipinski definition) is 1. The molecule has 0 bridgehead atoms. The minimum atomic E-state index is -1.02. The lowest BCUT2D eigenvalue weighted by molar-refractivity contribution is 0.0689. The Balaban J connectivity index is 2.04. The quantitative estimate of drug-likeness (QED) is 0.896. The van der Waals surface area contributed by atoms with Gasteiger partial charge >= 0.3 is 5.97 Å². The molecule has 1 aliphatic heterocycles. The van der Waals surface area contributed by atoms with E-state index in [-0.39, 0.29) is 5.69 Å². The Hall–Kier alpha value is -2.30. The molecule has 0 aliphatic carbocycles. The van der Waals surface area contributed by atoms with Crippen molar-refractivity contribution in [3.63, 3.8) is 0 Å². The Morgan fingerprint density at radius 3 is 3.00 bits per heavy atom. The summed E-state index contributed by atoms with van der Waals surface area (Å²) < 4.78 is 7.21. The first-order valence-electron chi connectivity index (χ1n) is 6.18. The predicted octanol–water partition coefficient (Wildman–Crippen LogP) is 2.11. The lowest BCUT2D eigenvalue weighted by Gasteiger charge is -2.17. The van der Waals surface area contributed by atoms with Crippen LogP contribution in [0.3, 0.4) is 0 Å². The summed E-state index contributed by atoms with van der Waals surface area (Å²) in [7, 11) is 1.74. The molecule has 1 N–H and O–H groups in total. The highest BCUT2D eigenvalue weighted by atomic mass is 16.5. The number of hydrogen-bond acceptors (Lipinski definition) is 3. The second-order valence-corrected chi connectivity index (χ2v) is 4.62. The molecule has 0 atom stereocenters. The zero-order valence-corrected chi connectivity index (χ0v) is 10.6. The highest BCUT2D eigenvalue weighted by Crippen LogP contribution is 2.30. The lowest BCUT2D eigenvalue weighted by Crippen LogP contribution is -2.08. The largest absolute Gasteiger partial charge is 0.493 e. The van der Waals surface area contributed by atoms with Gasteiger partial charge in [0.25, 0.3) is 0 Å². The molecule has 3 rings (SSSR count). The normalized spacial score (nSPS) is 13.7. The van der Waals surface area contributed by atoms with Gasteiger partial charge in [-0.1, -0.05) is 12.1 Å². The molecule has 1 aromatic carbocycles. The van der Waals surface area contributed by atoms with Crippen LogP contribution in [0.4, 0.5) is 0 Å². The molecule has 0 fully saturated rings. The summed E-state index contributed by atoms with van der Waals surface area (Å²) in [5.41, 5.74) is 2.95. The van der Waals surface area contributed by atoms with Crippen molar-refractivity contribution in [2.45, 2.75) is 12.8 Å². The zero-order valence-electron chi connectivity index (χ0n) is 10.6. The third kappa shape index (κ3) is 2.07. The fraction of sp³-hybridized carbons (Fsp3) is 0.286. The van der Waals surface area contributed by atoms with Gasteiger partial charge in [-0.25, -0.2) is 4.79 Å². The van der Waals surface area contributed by atoms with Crippen LogP contribution in [0, 0.1) is 0 Å². The van der Waals surface area contributed by atoms with Crippen molar-refractivity contribution in [3.05, 3.63) is 35.5 Å². The van der Waals surface area contributed by atoms with E-state index >= 15 is 0 Å². The minimum absolute atomic E-state index is 0.0520. The number of benzene rings is 1. The molecule has 0 radical (unpaired) electrons. The molecule has 19 heavy (non-hydrogen) atoms. The predicted molar refractivity (Wildman–Crippen MR) is 69.4 cm³/mol. The van der Waals surface area contributed by atoms with Crippen LogP contribution in [-0.4, -0.2) is 27.5 Å². The standard InChI is InChI=1S/C14H14N2O3/c1-16-12(8-11(15-16)14(17)18)10-5-4-9-3-2-6-19-13(9)7-10/h4-5,7-8H,2-3,6H2,1H3,(H,17,18). The fourth-order valence-electron chi connectivity index (χ4n) is 2.34. The number of fused-ring (bicyclic) bond motifs is 1. The van der Waals surface area contributed by atoms with Crippen LogP contribution in [0.1, 0.15) is 22.5 Å². The van der Waals surface area contributed by atoms with Crippen LogP contribution in [0.2, 0.25) is 0 Å². The Morgan fingerprint density at radius 2 is 2.26 bits per heavy atom. The molecule has 0 saturated carbocycles. The molecule has 0 amide bonds. The number of aryl methyl sites for hydroxylation is 2. The van der Waals surface area contributed by atoms with Crippen LogP contribution in [0.15, 0.2) is 24.3 Å². The van der Waals surface area contributed by atoms with Crippen LogP contribution in [-0.2, 0) is 13.5 Å². The van der Waals surface area contributed by atoms with Gasteiger partial charge in [0.1, 0.15) is 5.75 Å². The lowest BCUT2D eigenvalue weighted by atomic mass is 10.0. The molecule has 2 heterocycles. The van der Waals surface area contributed by atoms with Crippen LogP contribution < -0.4 is 4.74 Å². The molecule has 0 spiro atoms. The maximum absolute atomic E-state index is 10.9. The van der Waals surface area contributed by atoms with Crippen molar-refractivity contribution in [3.8, 4) is 17.0 Å². The molecule has 98 valence electrons. The van der Waals surface area contributed by atoms with Crippen LogP contribution in [0.25, 0.3) is 11.3 Å². The van der Waals surface area contributed by atoms with Gasteiger partial charge in [0.05, 0.1) is 12.3 Å². The van der Waals surface area contributed by atoms with E-state index in [0.717, 1.165) is 36.5 Å². The molecular formula is C14H14N2O3. The van der Waals surface area contributed by atoms with Crippen molar-refractivity contribution >= 4 is 5.97 Å². The number of carboxylic acids is 1. The first-order chi connectivity index (χ1) is 9.15. The maximum Gasteiger partial charge on any atom is 0.356 e. The van der Waals surface area contributed by atoms with Gasteiger partial charge in [-0.2, -0.15) is 5.10 Å². The Labute approximate surface area is 110 Å². The zero-order chi connectivity index (χ0) is 13.4. The highest BCUT2D eigenvalue weighted by molar-refractivity contribution is 5.87. The van der Waals surface area contributed by atoms with Crippen molar-refractivity contribution in [1.29, 1.82) is 0 Å². The van der Waals surface area contributed by atoms with E-state index in [4.69, 9.17) is 9.84 Å². The van der Waals surface area contributed by atoms with Gasteiger partial charge in [-0.05, 0) is 30.5 Å². The van der Waals surface area contributed by atoms with Crippen molar-refractivity contribution in [2.24, 2.45) is 7.05 Å². The van der Waals surface area contributed by atoms with Gasteiger partial charge in [0, 0.05) is 12.6 Å². The van der Waals surface area contributed by atoms with E-state index in [2.05, 4.69) is 5.10 Å². The summed E-state index contributed by atoms with van der Waals surface area (Å²) >= 11 is 0. The van der Waals surface area contributed by atoms with Gasteiger partial charge in [0.15, 0.2) is 5.69 Å². The summed E-state index contributed by atoms with van der Waals surface area (Å²) in [5.74, 6) is -0.127. The number of carbonyl (C=O) groups is 1. The SMILES string of the molecule is Cn1nc(C(=O)O)cc1-c1ccc2c(c1)OCCC2. The van der Waals surface area contributed by atoms with Gasteiger partial charge in [-0.15, -0.1) is 0 Å². The van der Waals surface area contributed by atoms with E-state index < -0.39 is 5.97 Å². The average Bonchev–Trinajstić information content (AvgIpc) is 2.80. The molecule has 5 heteroatoms. The van der Waals surface area contributed by atoms with E-state index in [1.807, 2.05) is 18.2 Å². The number of aromatic carboxylic acids is 1. The van der Waals surface area contributed by atoms with E-state index in [1.54, 1.807) is 17.8 Å². The maximum atomic E-state index is 10.9. The number of carboxylic acid groups (broad SMARTS) is 1. The van der Waals surface area contributed by atoms with Crippen molar-refractivity contribution in [2.75, 3.05) is 6.61 Å². The summed E-state index contributed by atoms with van der Waals surface area (Å²) in [4.78, 5) is 10.9. The highest BCUT2D eigenvalue weighted by Gasteiger charge is 2.15. The third-order valence-corrected chi connectivity index (χ3v) is 3.31. The molecule has 5 nitrogen and oxygen atoms in total. The van der Waals surface area contributed by atoms with Crippen LogP contribution >= 0.6 is 0 Å². The summed E-state index contributed by atoms with van der Waals surface area (Å²) in [6, 6.07) is 7.55. The van der Waals surface area contributed by atoms with E-state index in [1.165, 1.54) is 5.56 Å². The first-order valence-corrected chi connectivity index (χ1v) is 6.18. The van der Waals surface area contributed by atoms with Crippen molar-refractivity contribution in [1.82, 2.24) is 9.78 Å². The monoisotopic (exact) mass is 258 g/mol. The van der Waals surface area contributed by atoms with Gasteiger partial charge in [-0.3, -0.25) is 4.68 Å². The number of ether oxygens (including phenoxy) is 1. The fourth-order valence-corrected chi connectivity index (χ4v) is 2.34. The van der Waals surface area contributed by atoms with Crippen LogP contribution in [0.5, 0.6) is 5.75 Å². The molecule has 1 aliphatic rings. The molecule has 0 saturated heterocycles. The van der Waals surface area contributed by atoms with Crippen molar-refractivity contribution < 1.29 is 14.6 Å². The van der Waals surface area contributed by atoms with Gasteiger partial charge < -0.3 is 9.84 Å². The third-order valence-electron chi connectivity index (χ3n) is 3.31. The molecule has 0 unspecified atom stereocenters. The molecule has 2 aromatic rings. The summed E-state index contributed by atoms with van der Waals surface area (Å²) in [5, 5.41) is 12.9. The first kappa shape index (κ1) is 11.8. The number of rotatable bonds is 2. The van der Waals surface area contributed by atoms with E-state index in [9.17, 15) is 4.79 Å². The molecule has 1 aromatic heterocycles. The van der Waals surface area contributed by atoms with E-state index in [0.29, 0.717) is 0 Å². The smallest absolute Gasteiger partial charge is 0.356 e. The number of aromatic nitrogens is 2. The minimum Gasteiger partial charge on any atom is -0.493 e. The van der Waals surface area contributed by atoms with Gasteiger partial charge in [0.2, 0.25) is 0 Å².